The van der Waals surface area contributed by atoms with Crippen LogP contribution in [0.3, 0.4) is 0 Å². The maximum absolute atomic E-state index is 12.5. The molecule has 1 saturated heterocycles. The van der Waals surface area contributed by atoms with Gasteiger partial charge in [-0.15, -0.1) is 11.3 Å². The minimum Gasteiger partial charge on any atom is -0.486 e. The molecule has 0 spiro atoms. The highest BCUT2D eigenvalue weighted by atomic mass is 35.5. The summed E-state index contributed by atoms with van der Waals surface area (Å²) < 4.78 is 5.65. The van der Waals surface area contributed by atoms with Crippen LogP contribution in [0.4, 0.5) is 0 Å². The summed E-state index contributed by atoms with van der Waals surface area (Å²) in [7, 11) is 0. The Morgan fingerprint density at radius 3 is 2.44 bits per heavy atom. The summed E-state index contributed by atoms with van der Waals surface area (Å²) in [6.45, 7) is 4.05. The van der Waals surface area contributed by atoms with Crippen molar-refractivity contribution in [1.82, 2.24) is 14.8 Å². The van der Waals surface area contributed by atoms with E-state index < -0.39 is 0 Å². The maximum atomic E-state index is 12.5. The van der Waals surface area contributed by atoms with E-state index >= 15 is 0 Å². The highest BCUT2D eigenvalue weighted by molar-refractivity contribution is 7.09. The van der Waals surface area contributed by atoms with Crippen molar-refractivity contribution in [2.75, 3.05) is 26.2 Å². The second-order valence-electron chi connectivity index (χ2n) is 5.67. The van der Waals surface area contributed by atoms with E-state index in [0.717, 1.165) is 5.01 Å². The zero-order valence-electron chi connectivity index (χ0n) is 13.8. The third-order valence-corrected chi connectivity index (χ3v) is 5.03. The Morgan fingerprint density at radius 2 is 1.80 bits per heavy atom. The number of hydrogen-bond acceptors (Lipinski definition) is 5. The van der Waals surface area contributed by atoms with Crippen LogP contribution in [0, 0.1) is 0 Å². The van der Waals surface area contributed by atoms with Gasteiger partial charge in [-0.3, -0.25) is 9.59 Å². The number of carbonyl (C=O) groups is 2. The molecule has 2 heterocycles. The number of aromatic nitrogens is 1. The van der Waals surface area contributed by atoms with E-state index in [1.807, 2.05) is 0 Å². The molecule has 6 nitrogen and oxygen atoms in total. The number of amides is 2. The summed E-state index contributed by atoms with van der Waals surface area (Å²) >= 11 is 7.23. The Kier molecular flexibility index (Phi) is 5.55. The summed E-state index contributed by atoms with van der Waals surface area (Å²) in [5.74, 6) is 0.646. The Hall–Kier alpha value is -2.12. The Bertz CT molecular complexity index is 755. The Labute approximate surface area is 155 Å². The smallest absolute Gasteiger partial charge is 0.273 e. The number of thiazole rings is 1. The number of benzene rings is 1. The molecule has 0 atom stereocenters. The number of carbonyl (C=O) groups excluding carboxylic acids is 2. The largest absolute Gasteiger partial charge is 0.486 e. The molecular formula is C17H18ClN3O3S. The van der Waals surface area contributed by atoms with Crippen molar-refractivity contribution in [2.24, 2.45) is 0 Å². The number of halogens is 1. The van der Waals surface area contributed by atoms with E-state index in [4.69, 9.17) is 16.3 Å². The van der Waals surface area contributed by atoms with Crippen molar-refractivity contribution in [1.29, 1.82) is 0 Å². The SMILES string of the molecule is CC(=O)N1CCN(C(=O)c2csc(COc3ccc(Cl)cc3)n2)CC1. The van der Waals surface area contributed by atoms with Crippen LogP contribution < -0.4 is 4.74 Å². The van der Waals surface area contributed by atoms with Crippen molar-refractivity contribution in [2.45, 2.75) is 13.5 Å². The molecule has 0 radical (unpaired) electrons. The fraction of sp³-hybridized carbons (Fsp3) is 0.353. The zero-order chi connectivity index (χ0) is 17.8. The van der Waals surface area contributed by atoms with Gasteiger partial charge in [0.15, 0.2) is 0 Å². The standard InChI is InChI=1S/C17H18ClN3O3S/c1-12(22)20-6-8-21(9-7-20)17(23)15-11-25-16(19-15)10-24-14-4-2-13(18)3-5-14/h2-5,11H,6-10H2,1H3. The molecule has 1 aromatic carbocycles. The number of piperazine rings is 1. The monoisotopic (exact) mass is 379 g/mol. The van der Waals surface area contributed by atoms with Crippen LogP contribution in [0.2, 0.25) is 5.02 Å². The van der Waals surface area contributed by atoms with Gasteiger partial charge >= 0.3 is 0 Å². The topological polar surface area (TPSA) is 62.7 Å². The third-order valence-electron chi connectivity index (χ3n) is 3.96. The minimum atomic E-state index is -0.0998. The van der Waals surface area contributed by atoms with Crippen LogP contribution in [-0.4, -0.2) is 52.8 Å². The quantitative estimate of drug-likeness (QED) is 0.819. The molecule has 8 heteroatoms. The van der Waals surface area contributed by atoms with Gasteiger partial charge in [0.1, 0.15) is 23.1 Å². The molecule has 1 aliphatic heterocycles. The van der Waals surface area contributed by atoms with Crippen molar-refractivity contribution >= 4 is 34.8 Å². The van der Waals surface area contributed by atoms with E-state index in [0.29, 0.717) is 49.3 Å². The van der Waals surface area contributed by atoms with Gasteiger partial charge in [0, 0.05) is 43.5 Å². The van der Waals surface area contributed by atoms with Gasteiger partial charge in [-0.2, -0.15) is 0 Å². The van der Waals surface area contributed by atoms with Gasteiger partial charge in [0.2, 0.25) is 5.91 Å². The first-order chi connectivity index (χ1) is 12.0. The number of nitrogens with zero attached hydrogens (tertiary/aromatic N) is 3. The second kappa shape index (κ2) is 7.84. The molecule has 1 aromatic heterocycles. The third kappa shape index (κ3) is 4.49. The summed E-state index contributed by atoms with van der Waals surface area (Å²) in [4.78, 5) is 31.7. The van der Waals surface area contributed by atoms with Gasteiger partial charge in [-0.25, -0.2) is 4.98 Å². The number of hydrogen-bond donors (Lipinski definition) is 0. The fourth-order valence-corrected chi connectivity index (χ4v) is 3.34. The van der Waals surface area contributed by atoms with Gasteiger partial charge in [-0.05, 0) is 24.3 Å². The lowest BCUT2D eigenvalue weighted by atomic mass is 10.3. The Balaban J connectivity index is 1.55. The van der Waals surface area contributed by atoms with Gasteiger partial charge < -0.3 is 14.5 Å². The molecule has 3 rings (SSSR count). The van der Waals surface area contributed by atoms with Crippen molar-refractivity contribution in [3.8, 4) is 5.75 Å². The van der Waals surface area contributed by atoms with Gasteiger partial charge in [-0.1, -0.05) is 11.6 Å². The fourth-order valence-electron chi connectivity index (χ4n) is 2.54. The van der Waals surface area contributed by atoms with E-state index in [-0.39, 0.29) is 11.8 Å². The molecule has 0 N–H and O–H groups in total. The van der Waals surface area contributed by atoms with Crippen LogP contribution in [0.25, 0.3) is 0 Å². The lowest BCUT2D eigenvalue weighted by Gasteiger charge is -2.33. The first-order valence-electron chi connectivity index (χ1n) is 7.90. The predicted octanol–water partition coefficient (Wildman–Crippen LogP) is 2.68. The molecule has 1 fully saturated rings. The molecule has 25 heavy (non-hydrogen) atoms. The summed E-state index contributed by atoms with van der Waals surface area (Å²) in [6.07, 6.45) is 0. The van der Waals surface area contributed by atoms with Crippen molar-refractivity contribution in [3.05, 3.63) is 45.4 Å². The number of ether oxygens (including phenoxy) is 1. The molecule has 0 bridgehead atoms. The second-order valence-corrected chi connectivity index (χ2v) is 7.05. The van der Waals surface area contributed by atoms with E-state index in [1.54, 1.807) is 46.4 Å². The van der Waals surface area contributed by atoms with Crippen molar-refractivity contribution in [3.63, 3.8) is 0 Å². The first-order valence-corrected chi connectivity index (χ1v) is 9.16. The molecule has 0 aliphatic carbocycles. The highest BCUT2D eigenvalue weighted by Crippen LogP contribution is 2.19. The number of rotatable bonds is 4. The first kappa shape index (κ1) is 17.7. The predicted molar refractivity (Wildman–Crippen MR) is 96.1 cm³/mol. The van der Waals surface area contributed by atoms with Crippen molar-refractivity contribution < 1.29 is 14.3 Å². The lowest BCUT2D eigenvalue weighted by Crippen LogP contribution is -2.50. The summed E-state index contributed by atoms with van der Waals surface area (Å²) in [5, 5.41) is 3.14. The van der Waals surface area contributed by atoms with E-state index in [2.05, 4.69) is 4.98 Å². The Morgan fingerprint density at radius 1 is 1.16 bits per heavy atom. The average Bonchev–Trinajstić information content (AvgIpc) is 3.10. The highest BCUT2D eigenvalue weighted by Gasteiger charge is 2.24. The van der Waals surface area contributed by atoms with Crippen LogP contribution in [0.5, 0.6) is 5.75 Å². The maximum Gasteiger partial charge on any atom is 0.273 e. The molecular weight excluding hydrogens is 362 g/mol. The van der Waals surface area contributed by atoms with Crippen LogP contribution in [-0.2, 0) is 11.4 Å². The zero-order valence-corrected chi connectivity index (χ0v) is 15.3. The van der Waals surface area contributed by atoms with Crippen LogP contribution >= 0.6 is 22.9 Å². The normalized spacial score (nSPS) is 14.5. The van der Waals surface area contributed by atoms with E-state index in [9.17, 15) is 9.59 Å². The minimum absolute atomic E-state index is 0.0439. The van der Waals surface area contributed by atoms with Crippen LogP contribution in [0.15, 0.2) is 29.6 Å². The molecule has 2 aromatic rings. The molecule has 0 saturated carbocycles. The lowest BCUT2D eigenvalue weighted by molar-refractivity contribution is -0.130. The molecule has 2 amide bonds. The molecule has 132 valence electrons. The van der Waals surface area contributed by atoms with Gasteiger partial charge in [0.05, 0.1) is 0 Å². The van der Waals surface area contributed by atoms with E-state index in [1.165, 1.54) is 11.3 Å². The van der Waals surface area contributed by atoms with Crippen LogP contribution in [0.1, 0.15) is 22.4 Å². The summed E-state index contributed by atoms with van der Waals surface area (Å²) in [6, 6.07) is 7.09. The average molecular weight is 380 g/mol. The summed E-state index contributed by atoms with van der Waals surface area (Å²) in [5.41, 5.74) is 0.427. The van der Waals surface area contributed by atoms with Gasteiger partial charge in [0.25, 0.3) is 5.91 Å². The molecule has 0 unspecified atom stereocenters. The molecule has 1 aliphatic rings.